The Morgan fingerprint density at radius 1 is 1.71 bits per heavy atom. The van der Waals surface area contributed by atoms with E-state index >= 15 is 0 Å². The van der Waals surface area contributed by atoms with Crippen LogP contribution in [0.25, 0.3) is 0 Å². The third kappa shape index (κ3) is 3.95. The van der Waals surface area contributed by atoms with E-state index in [1.54, 1.807) is 0 Å². The summed E-state index contributed by atoms with van der Waals surface area (Å²) >= 11 is 0.977. The molecule has 5 nitrogen and oxygen atoms in total. The van der Waals surface area contributed by atoms with E-state index in [2.05, 4.69) is 9.72 Å². The van der Waals surface area contributed by atoms with E-state index in [4.69, 9.17) is 5.84 Å². The molecule has 0 spiro atoms. The molecule has 0 aliphatic rings. The van der Waals surface area contributed by atoms with Gasteiger partial charge in [-0.3, -0.25) is 10.2 Å². The standard InChI is InChI=1S/C8H10F3N3O2S/c1-4(8(9,10)11)16-2-5-3-17-7(13-5)6(15)14-12/h3-4H,2,12H2,1H3,(H,14,15). The summed E-state index contributed by atoms with van der Waals surface area (Å²) in [5, 5.41) is 1.51. The Morgan fingerprint density at radius 2 is 2.35 bits per heavy atom. The Kier molecular flexibility index (Phi) is 4.43. The number of nitrogens with zero attached hydrogens (tertiary/aromatic N) is 1. The number of hydrogen-bond donors (Lipinski definition) is 2. The Bertz CT molecular complexity index is 394. The van der Waals surface area contributed by atoms with Crippen molar-refractivity contribution in [3.63, 3.8) is 0 Å². The average Bonchev–Trinajstić information content (AvgIpc) is 2.72. The Labute approximate surface area is 98.7 Å². The van der Waals surface area contributed by atoms with Gasteiger partial charge in [0.05, 0.1) is 12.3 Å². The first-order chi connectivity index (χ1) is 7.84. The number of rotatable bonds is 4. The molecule has 0 bridgehead atoms. The number of hydrazine groups is 1. The van der Waals surface area contributed by atoms with Crippen molar-refractivity contribution < 1.29 is 22.7 Å². The van der Waals surface area contributed by atoms with Crippen LogP contribution in [0.2, 0.25) is 0 Å². The number of halogens is 3. The number of nitrogen functional groups attached to an aromatic ring is 1. The second-order valence-electron chi connectivity index (χ2n) is 3.11. The van der Waals surface area contributed by atoms with Gasteiger partial charge in [0, 0.05) is 5.38 Å². The maximum atomic E-state index is 12.1. The average molecular weight is 269 g/mol. The molecule has 17 heavy (non-hydrogen) atoms. The zero-order valence-corrected chi connectivity index (χ0v) is 9.56. The van der Waals surface area contributed by atoms with Gasteiger partial charge in [0.2, 0.25) is 0 Å². The van der Waals surface area contributed by atoms with Gasteiger partial charge in [-0.15, -0.1) is 11.3 Å². The lowest BCUT2D eigenvalue weighted by molar-refractivity contribution is -0.217. The molecule has 0 saturated heterocycles. The number of carbonyl (C=O) groups excluding carboxylic acids is 1. The molecular weight excluding hydrogens is 259 g/mol. The van der Waals surface area contributed by atoms with E-state index < -0.39 is 18.2 Å². The molecule has 0 fully saturated rings. The van der Waals surface area contributed by atoms with Crippen LogP contribution in [0.1, 0.15) is 22.4 Å². The quantitative estimate of drug-likeness (QED) is 0.489. The normalized spacial score (nSPS) is 13.5. The van der Waals surface area contributed by atoms with Gasteiger partial charge in [0.25, 0.3) is 5.91 Å². The molecule has 1 atom stereocenters. The first-order valence-electron chi connectivity index (χ1n) is 4.48. The molecule has 96 valence electrons. The summed E-state index contributed by atoms with van der Waals surface area (Å²) in [6.07, 6.45) is -6.29. The molecule has 1 unspecified atom stereocenters. The van der Waals surface area contributed by atoms with Gasteiger partial charge < -0.3 is 4.74 Å². The number of ether oxygens (including phenoxy) is 1. The van der Waals surface area contributed by atoms with E-state index in [1.165, 1.54) is 5.38 Å². The van der Waals surface area contributed by atoms with Crippen molar-refractivity contribution in [1.82, 2.24) is 10.4 Å². The number of amides is 1. The predicted molar refractivity (Wildman–Crippen MR) is 54.1 cm³/mol. The maximum Gasteiger partial charge on any atom is 0.414 e. The lowest BCUT2D eigenvalue weighted by atomic mass is 10.4. The first kappa shape index (κ1) is 13.9. The van der Waals surface area contributed by atoms with E-state index in [1.807, 2.05) is 5.43 Å². The number of thiazole rings is 1. The maximum absolute atomic E-state index is 12.1. The molecule has 1 rings (SSSR count). The topological polar surface area (TPSA) is 77.2 Å². The van der Waals surface area contributed by atoms with E-state index in [-0.39, 0.29) is 17.3 Å². The summed E-state index contributed by atoms with van der Waals surface area (Å²) in [4.78, 5) is 14.8. The first-order valence-corrected chi connectivity index (χ1v) is 5.36. The summed E-state index contributed by atoms with van der Waals surface area (Å²) in [5.74, 6) is 4.29. The molecule has 0 aliphatic carbocycles. The summed E-state index contributed by atoms with van der Waals surface area (Å²) in [7, 11) is 0. The Balaban J connectivity index is 2.53. The van der Waals surface area contributed by atoms with Crippen molar-refractivity contribution in [2.24, 2.45) is 5.84 Å². The third-order valence-corrected chi connectivity index (χ3v) is 2.71. The molecule has 0 radical (unpaired) electrons. The van der Waals surface area contributed by atoms with Crippen molar-refractivity contribution in [2.45, 2.75) is 25.8 Å². The van der Waals surface area contributed by atoms with Crippen LogP contribution >= 0.6 is 11.3 Å². The fourth-order valence-corrected chi connectivity index (χ4v) is 1.55. The third-order valence-electron chi connectivity index (χ3n) is 1.82. The van der Waals surface area contributed by atoms with Crippen LogP contribution in [0.5, 0.6) is 0 Å². The zero-order valence-electron chi connectivity index (χ0n) is 8.75. The van der Waals surface area contributed by atoms with Crippen LogP contribution in [-0.4, -0.2) is 23.2 Å². The van der Waals surface area contributed by atoms with Gasteiger partial charge in [-0.1, -0.05) is 0 Å². The monoisotopic (exact) mass is 269 g/mol. The van der Waals surface area contributed by atoms with Gasteiger partial charge in [-0.2, -0.15) is 13.2 Å². The van der Waals surface area contributed by atoms with Gasteiger partial charge in [0.15, 0.2) is 11.1 Å². The van der Waals surface area contributed by atoms with Crippen molar-refractivity contribution in [3.8, 4) is 0 Å². The fraction of sp³-hybridized carbons (Fsp3) is 0.500. The van der Waals surface area contributed by atoms with Crippen LogP contribution in [-0.2, 0) is 11.3 Å². The summed E-state index contributed by atoms with van der Waals surface area (Å²) in [6.45, 7) is 0.592. The van der Waals surface area contributed by atoms with Gasteiger partial charge in [-0.25, -0.2) is 10.8 Å². The SMILES string of the molecule is CC(OCc1csc(C(=O)NN)n1)C(F)(F)F. The molecule has 1 heterocycles. The molecule has 1 amide bonds. The summed E-state index contributed by atoms with van der Waals surface area (Å²) in [5.41, 5.74) is 2.13. The van der Waals surface area contributed by atoms with Gasteiger partial charge in [0.1, 0.15) is 0 Å². The second-order valence-corrected chi connectivity index (χ2v) is 3.97. The minimum atomic E-state index is -4.41. The highest BCUT2D eigenvalue weighted by molar-refractivity contribution is 7.11. The molecule has 9 heteroatoms. The van der Waals surface area contributed by atoms with Crippen molar-refractivity contribution >= 4 is 17.2 Å². The summed E-state index contributed by atoms with van der Waals surface area (Å²) in [6, 6.07) is 0. The minimum absolute atomic E-state index is 0.0748. The van der Waals surface area contributed by atoms with Crippen molar-refractivity contribution in [2.75, 3.05) is 0 Å². The van der Waals surface area contributed by atoms with E-state index in [0.717, 1.165) is 18.3 Å². The lowest BCUT2D eigenvalue weighted by Crippen LogP contribution is -2.30. The van der Waals surface area contributed by atoms with E-state index in [9.17, 15) is 18.0 Å². The summed E-state index contributed by atoms with van der Waals surface area (Å²) < 4.78 is 40.9. The van der Waals surface area contributed by atoms with Crippen LogP contribution in [0.4, 0.5) is 13.2 Å². The van der Waals surface area contributed by atoms with Crippen LogP contribution in [0, 0.1) is 0 Å². The number of nitrogens with one attached hydrogen (secondary N) is 1. The van der Waals surface area contributed by atoms with Crippen LogP contribution in [0.3, 0.4) is 0 Å². The van der Waals surface area contributed by atoms with Crippen molar-refractivity contribution in [3.05, 3.63) is 16.1 Å². The highest BCUT2D eigenvalue weighted by atomic mass is 32.1. The van der Waals surface area contributed by atoms with Crippen LogP contribution < -0.4 is 11.3 Å². The number of nitrogens with two attached hydrogens (primary N) is 1. The van der Waals surface area contributed by atoms with Gasteiger partial charge in [-0.05, 0) is 6.92 Å². The highest BCUT2D eigenvalue weighted by Gasteiger charge is 2.36. The molecule has 1 aromatic heterocycles. The lowest BCUT2D eigenvalue weighted by Gasteiger charge is -2.15. The zero-order chi connectivity index (χ0) is 13.1. The fourth-order valence-electron chi connectivity index (χ4n) is 0.844. The Hall–Kier alpha value is -1.19. The highest BCUT2D eigenvalue weighted by Crippen LogP contribution is 2.23. The minimum Gasteiger partial charge on any atom is -0.363 e. The number of aromatic nitrogens is 1. The number of alkyl halides is 3. The second kappa shape index (κ2) is 5.43. The molecule has 3 N–H and O–H groups in total. The van der Waals surface area contributed by atoms with Gasteiger partial charge >= 0.3 is 6.18 Å². The number of carbonyl (C=O) groups is 1. The van der Waals surface area contributed by atoms with Crippen LogP contribution in [0.15, 0.2) is 5.38 Å². The number of hydrogen-bond acceptors (Lipinski definition) is 5. The molecule has 1 aromatic rings. The van der Waals surface area contributed by atoms with Crippen molar-refractivity contribution in [1.29, 1.82) is 0 Å². The molecule has 0 aliphatic heterocycles. The predicted octanol–water partition coefficient (Wildman–Crippen LogP) is 1.21. The molecule has 0 aromatic carbocycles. The Morgan fingerprint density at radius 3 is 2.88 bits per heavy atom. The van der Waals surface area contributed by atoms with E-state index in [0.29, 0.717) is 0 Å². The smallest absolute Gasteiger partial charge is 0.363 e. The molecule has 0 saturated carbocycles. The largest absolute Gasteiger partial charge is 0.414 e. The molecular formula is C8H10F3N3O2S.